The molecule has 0 aromatic heterocycles. The molecule has 0 aliphatic carbocycles. The summed E-state index contributed by atoms with van der Waals surface area (Å²) >= 11 is 5.91. The van der Waals surface area contributed by atoms with E-state index in [0.29, 0.717) is 0 Å². The lowest BCUT2D eigenvalue weighted by Gasteiger charge is -2.22. The third-order valence-electron chi connectivity index (χ3n) is 2.90. The van der Waals surface area contributed by atoms with E-state index >= 15 is 0 Å². The van der Waals surface area contributed by atoms with E-state index in [0.717, 1.165) is 0 Å². The molecule has 0 spiro atoms. The highest BCUT2D eigenvalue weighted by atomic mass is 35.5. The maximum absolute atomic E-state index is 12.4. The zero-order valence-corrected chi connectivity index (χ0v) is 12.8. The molecular formula is C13H16ClN3O4. The molecule has 0 aliphatic heterocycles. The fourth-order valence-electron chi connectivity index (χ4n) is 1.63. The summed E-state index contributed by atoms with van der Waals surface area (Å²) < 4.78 is 0. The van der Waals surface area contributed by atoms with Crippen LogP contribution in [0.1, 0.15) is 17.3 Å². The second-order valence-corrected chi connectivity index (χ2v) is 4.88. The molecule has 21 heavy (non-hydrogen) atoms. The molecule has 1 aromatic carbocycles. The van der Waals surface area contributed by atoms with Crippen LogP contribution in [0.25, 0.3) is 0 Å². The predicted molar refractivity (Wildman–Crippen MR) is 78.4 cm³/mol. The predicted octanol–water partition coefficient (Wildman–Crippen LogP) is 1.80. The first-order valence-electron chi connectivity index (χ1n) is 6.21. The molecule has 0 N–H and O–H groups in total. The van der Waals surface area contributed by atoms with E-state index in [2.05, 4.69) is 0 Å². The standard InChI is InChI=1S/C13H16ClN3O4/c1-4-16(8-11(18)15(2)3)13(19)9-6-5-7-10(12(9)14)17(20)21/h5-7H,4,8H2,1-3H3. The number of benzene rings is 1. The van der Waals surface area contributed by atoms with Gasteiger partial charge >= 0.3 is 0 Å². The van der Waals surface area contributed by atoms with E-state index in [1.165, 1.54) is 28.0 Å². The molecule has 0 atom stereocenters. The number of hydrogen-bond donors (Lipinski definition) is 0. The van der Waals surface area contributed by atoms with Crippen molar-refractivity contribution in [2.24, 2.45) is 0 Å². The molecular weight excluding hydrogens is 298 g/mol. The molecule has 114 valence electrons. The molecule has 0 radical (unpaired) electrons. The molecule has 0 bridgehead atoms. The van der Waals surface area contributed by atoms with E-state index in [1.54, 1.807) is 21.0 Å². The normalized spacial score (nSPS) is 10.1. The Morgan fingerprint density at radius 3 is 2.43 bits per heavy atom. The van der Waals surface area contributed by atoms with Crippen molar-refractivity contribution < 1.29 is 14.5 Å². The summed E-state index contributed by atoms with van der Waals surface area (Å²) in [6, 6.07) is 4.01. The van der Waals surface area contributed by atoms with Gasteiger partial charge in [-0.3, -0.25) is 19.7 Å². The number of hydrogen-bond acceptors (Lipinski definition) is 4. The molecule has 0 unspecified atom stereocenters. The van der Waals surface area contributed by atoms with Crippen molar-refractivity contribution in [3.8, 4) is 0 Å². The first kappa shape index (κ1) is 16.9. The highest BCUT2D eigenvalue weighted by molar-refractivity contribution is 6.35. The highest BCUT2D eigenvalue weighted by Gasteiger charge is 2.24. The van der Waals surface area contributed by atoms with Crippen molar-refractivity contribution in [2.75, 3.05) is 27.2 Å². The van der Waals surface area contributed by atoms with Crippen molar-refractivity contribution in [1.82, 2.24) is 9.80 Å². The molecule has 0 saturated heterocycles. The maximum atomic E-state index is 12.4. The van der Waals surface area contributed by atoms with Crippen molar-refractivity contribution in [3.05, 3.63) is 38.9 Å². The number of amides is 2. The first-order valence-corrected chi connectivity index (χ1v) is 6.59. The van der Waals surface area contributed by atoms with Crippen LogP contribution in [0.2, 0.25) is 5.02 Å². The Morgan fingerprint density at radius 2 is 1.95 bits per heavy atom. The summed E-state index contributed by atoms with van der Waals surface area (Å²) in [5.41, 5.74) is -0.322. The van der Waals surface area contributed by atoms with Crippen LogP contribution in [0.4, 0.5) is 5.69 Å². The lowest BCUT2D eigenvalue weighted by atomic mass is 10.1. The van der Waals surface area contributed by atoms with Gasteiger partial charge in [0.05, 0.1) is 17.0 Å². The van der Waals surface area contributed by atoms with Crippen LogP contribution >= 0.6 is 11.6 Å². The zero-order chi connectivity index (χ0) is 16.2. The number of carbonyl (C=O) groups is 2. The maximum Gasteiger partial charge on any atom is 0.288 e. The van der Waals surface area contributed by atoms with Gasteiger partial charge in [-0.25, -0.2) is 0 Å². The Kier molecular flexibility index (Phi) is 5.66. The molecule has 0 saturated carbocycles. The van der Waals surface area contributed by atoms with Crippen molar-refractivity contribution >= 4 is 29.1 Å². The molecule has 0 heterocycles. The Labute approximate surface area is 127 Å². The van der Waals surface area contributed by atoms with Gasteiger partial charge in [-0.15, -0.1) is 0 Å². The quantitative estimate of drug-likeness (QED) is 0.613. The molecule has 2 amide bonds. The summed E-state index contributed by atoms with van der Waals surface area (Å²) in [6.45, 7) is 1.89. The first-order chi connectivity index (χ1) is 9.79. The Bertz CT molecular complexity index is 575. The van der Waals surface area contributed by atoms with Crippen LogP contribution in [0, 0.1) is 10.1 Å². The highest BCUT2D eigenvalue weighted by Crippen LogP contribution is 2.28. The van der Waals surface area contributed by atoms with Gasteiger partial charge in [0.1, 0.15) is 5.02 Å². The summed E-state index contributed by atoms with van der Waals surface area (Å²) in [7, 11) is 3.17. The molecule has 0 aliphatic rings. The van der Waals surface area contributed by atoms with Gasteiger partial charge in [-0.05, 0) is 13.0 Å². The van der Waals surface area contributed by atoms with Gasteiger partial charge in [0.25, 0.3) is 11.6 Å². The topological polar surface area (TPSA) is 83.8 Å². The van der Waals surface area contributed by atoms with Gasteiger partial charge in [-0.2, -0.15) is 0 Å². The van der Waals surface area contributed by atoms with Crippen LogP contribution in [0.5, 0.6) is 0 Å². The zero-order valence-electron chi connectivity index (χ0n) is 12.0. The van der Waals surface area contributed by atoms with Crippen LogP contribution in [0.3, 0.4) is 0 Å². The SMILES string of the molecule is CCN(CC(=O)N(C)C)C(=O)c1cccc([N+](=O)[O-])c1Cl. The number of halogens is 1. The third-order valence-corrected chi connectivity index (χ3v) is 3.30. The van der Waals surface area contributed by atoms with Crippen LogP contribution in [0.15, 0.2) is 18.2 Å². The number of likely N-dealkylation sites (N-methyl/N-ethyl adjacent to an activating group) is 2. The van der Waals surface area contributed by atoms with Gasteiger partial charge in [-0.1, -0.05) is 17.7 Å². The van der Waals surface area contributed by atoms with Gasteiger partial charge in [0.2, 0.25) is 5.91 Å². The summed E-state index contributed by atoms with van der Waals surface area (Å²) in [4.78, 5) is 36.9. The summed E-state index contributed by atoms with van der Waals surface area (Å²) in [5.74, 6) is -0.756. The van der Waals surface area contributed by atoms with E-state index in [9.17, 15) is 19.7 Å². The molecule has 0 fully saturated rings. The molecule has 1 rings (SSSR count). The van der Waals surface area contributed by atoms with Crippen LogP contribution in [-0.2, 0) is 4.79 Å². The second-order valence-electron chi connectivity index (χ2n) is 4.50. The fraction of sp³-hybridized carbons (Fsp3) is 0.385. The Morgan fingerprint density at radius 1 is 1.33 bits per heavy atom. The van der Waals surface area contributed by atoms with E-state index in [1.807, 2.05) is 0 Å². The van der Waals surface area contributed by atoms with E-state index < -0.39 is 10.8 Å². The van der Waals surface area contributed by atoms with Crippen molar-refractivity contribution in [1.29, 1.82) is 0 Å². The minimum absolute atomic E-state index is 0.0132. The van der Waals surface area contributed by atoms with Crippen molar-refractivity contribution in [2.45, 2.75) is 6.92 Å². The number of nitrogens with zero attached hydrogens (tertiary/aromatic N) is 3. The van der Waals surface area contributed by atoms with Crippen LogP contribution in [-0.4, -0.2) is 53.7 Å². The second kappa shape index (κ2) is 7.03. The average molecular weight is 314 g/mol. The number of rotatable bonds is 5. The Hall–Kier alpha value is -2.15. The fourth-order valence-corrected chi connectivity index (χ4v) is 1.90. The number of nitro groups is 1. The minimum atomic E-state index is -0.652. The lowest BCUT2D eigenvalue weighted by molar-refractivity contribution is -0.384. The molecule has 7 nitrogen and oxygen atoms in total. The average Bonchev–Trinajstić information content (AvgIpc) is 2.43. The van der Waals surface area contributed by atoms with E-state index in [4.69, 9.17) is 11.6 Å². The van der Waals surface area contributed by atoms with Gasteiger partial charge in [0, 0.05) is 26.7 Å². The van der Waals surface area contributed by atoms with Gasteiger partial charge in [0.15, 0.2) is 0 Å². The smallest absolute Gasteiger partial charge is 0.288 e. The third kappa shape index (κ3) is 3.91. The number of carbonyl (C=O) groups excluding carboxylic acids is 2. The minimum Gasteiger partial charge on any atom is -0.347 e. The van der Waals surface area contributed by atoms with Crippen LogP contribution < -0.4 is 0 Å². The summed E-state index contributed by atoms with van der Waals surface area (Å²) in [6.07, 6.45) is 0. The van der Waals surface area contributed by atoms with E-state index in [-0.39, 0.29) is 35.3 Å². The number of nitro benzene ring substituents is 1. The van der Waals surface area contributed by atoms with Crippen molar-refractivity contribution in [3.63, 3.8) is 0 Å². The molecule has 1 aromatic rings. The Balaban J connectivity index is 3.09. The monoisotopic (exact) mass is 313 g/mol. The molecule has 8 heteroatoms. The largest absolute Gasteiger partial charge is 0.347 e. The summed E-state index contributed by atoms with van der Waals surface area (Å²) in [5, 5.41) is 10.6. The lowest BCUT2D eigenvalue weighted by Crippen LogP contribution is -2.40. The van der Waals surface area contributed by atoms with Gasteiger partial charge < -0.3 is 9.80 Å².